The molecule has 2 rings (SSSR count). The van der Waals surface area contributed by atoms with Crippen molar-refractivity contribution >= 4 is 0 Å². The molecule has 0 heterocycles. The van der Waals surface area contributed by atoms with Gasteiger partial charge in [0.05, 0.1) is 5.60 Å². The number of likely N-dealkylation sites (N-methyl/N-ethyl adjacent to an activating group) is 1. The first-order valence-electron chi connectivity index (χ1n) is 8.44. The van der Waals surface area contributed by atoms with E-state index in [0.29, 0.717) is 13.2 Å². The van der Waals surface area contributed by atoms with Crippen LogP contribution < -0.4 is 14.8 Å². The summed E-state index contributed by atoms with van der Waals surface area (Å²) in [5.41, 5.74) is -0.677. The van der Waals surface area contributed by atoms with Gasteiger partial charge in [0.1, 0.15) is 24.7 Å². The summed E-state index contributed by atoms with van der Waals surface area (Å²) in [7, 11) is 1.90. The van der Waals surface area contributed by atoms with E-state index in [1.165, 1.54) is 19.3 Å². The van der Waals surface area contributed by atoms with Crippen LogP contribution in [0, 0.1) is 0 Å². The quantitative estimate of drug-likeness (QED) is 0.760. The number of aliphatic hydroxyl groups is 1. The van der Waals surface area contributed by atoms with E-state index in [9.17, 15) is 5.11 Å². The summed E-state index contributed by atoms with van der Waals surface area (Å²) >= 11 is 0. The first-order chi connectivity index (χ1) is 10.7. The largest absolute Gasteiger partial charge is 0.492 e. The number of hydrogen-bond acceptors (Lipinski definition) is 4. The monoisotopic (exact) mass is 307 g/mol. The highest BCUT2D eigenvalue weighted by molar-refractivity contribution is 5.33. The number of hydrogen-bond donors (Lipinski definition) is 2. The van der Waals surface area contributed by atoms with Crippen molar-refractivity contribution < 1.29 is 14.6 Å². The molecule has 0 spiro atoms. The van der Waals surface area contributed by atoms with E-state index in [1.807, 2.05) is 31.3 Å². The molecule has 0 atom stereocenters. The molecule has 0 saturated heterocycles. The van der Waals surface area contributed by atoms with E-state index in [4.69, 9.17) is 9.47 Å². The molecule has 1 aromatic rings. The van der Waals surface area contributed by atoms with Gasteiger partial charge in [0, 0.05) is 12.6 Å². The van der Waals surface area contributed by atoms with Crippen LogP contribution in [0.3, 0.4) is 0 Å². The van der Waals surface area contributed by atoms with Gasteiger partial charge in [-0.25, -0.2) is 0 Å². The van der Waals surface area contributed by atoms with Crippen LogP contribution in [0.25, 0.3) is 0 Å². The van der Waals surface area contributed by atoms with Gasteiger partial charge in [-0.3, -0.25) is 0 Å². The van der Waals surface area contributed by atoms with E-state index in [0.717, 1.165) is 43.7 Å². The number of rotatable bonds is 7. The zero-order chi connectivity index (χ0) is 15.7. The van der Waals surface area contributed by atoms with Gasteiger partial charge in [0.15, 0.2) is 0 Å². The average Bonchev–Trinajstić information content (AvgIpc) is 2.50. The van der Waals surface area contributed by atoms with Crippen molar-refractivity contribution in [2.75, 3.05) is 26.8 Å². The molecule has 1 saturated carbocycles. The third kappa shape index (κ3) is 5.85. The molecular weight excluding hydrogens is 278 g/mol. The molecule has 1 fully saturated rings. The van der Waals surface area contributed by atoms with Gasteiger partial charge in [0.2, 0.25) is 0 Å². The summed E-state index contributed by atoms with van der Waals surface area (Å²) in [6.45, 7) is 1.81. The lowest BCUT2D eigenvalue weighted by Crippen LogP contribution is -2.36. The molecule has 1 aliphatic rings. The van der Waals surface area contributed by atoms with E-state index < -0.39 is 5.60 Å². The first-order valence-corrected chi connectivity index (χ1v) is 8.44. The third-order valence-corrected chi connectivity index (χ3v) is 4.22. The van der Waals surface area contributed by atoms with Crippen molar-refractivity contribution in [2.24, 2.45) is 0 Å². The smallest absolute Gasteiger partial charge is 0.123 e. The van der Waals surface area contributed by atoms with Gasteiger partial charge in [-0.05, 0) is 32.0 Å². The standard InChI is InChI=1S/C18H29NO3/c1-19-12-13-21-16-8-7-9-17(14-16)22-15-18(20)10-5-3-2-4-6-11-18/h7-9,14,19-20H,2-6,10-13,15H2,1H3. The summed E-state index contributed by atoms with van der Waals surface area (Å²) in [6, 6.07) is 7.65. The second-order valence-corrected chi connectivity index (χ2v) is 6.21. The lowest BCUT2D eigenvalue weighted by Gasteiger charge is -2.30. The Morgan fingerprint density at radius 2 is 1.68 bits per heavy atom. The maximum atomic E-state index is 10.7. The maximum Gasteiger partial charge on any atom is 0.123 e. The Morgan fingerprint density at radius 1 is 1.05 bits per heavy atom. The highest BCUT2D eigenvalue weighted by atomic mass is 16.5. The topological polar surface area (TPSA) is 50.7 Å². The fourth-order valence-electron chi connectivity index (χ4n) is 2.85. The molecule has 2 N–H and O–H groups in total. The summed E-state index contributed by atoms with van der Waals surface area (Å²) in [6.07, 6.45) is 7.59. The molecule has 4 heteroatoms. The van der Waals surface area contributed by atoms with Crippen molar-refractivity contribution in [3.05, 3.63) is 24.3 Å². The molecule has 0 radical (unpaired) electrons. The minimum Gasteiger partial charge on any atom is -0.492 e. The van der Waals surface area contributed by atoms with E-state index >= 15 is 0 Å². The highest BCUT2D eigenvalue weighted by Crippen LogP contribution is 2.28. The van der Waals surface area contributed by atoms with E-state index in [-0.39, 0.29) is 0 Å². The van der Waals surface area contributed by atoms with Crippen LogP contribution in [-0.2, 0) is 0 Å². The molecule has 1 aliphatic carbocycles. The van der Waals surface area contributed by atoms with Gasteiger partial charge in [-0.15, -0.1) is 0 Å². The van der Waals surface area contributed by atoms with Crippen LogP contribution in [-0.4, -0.2) is 37.5 Å². The zero-order valence-electron chi connectivity index (χ0n) is 13.6. The molecule has 22 heavy (non-hydrogen) atoms. The van der Waals surface area contributed by atoms with Crippen molar-refractivity contribution in [1.82, 2.24) is 5.32 Å². The van der Waals surface area contributed by atoms with E-state index in [1.54, 1.807) is 0 Å². The van der Waals surface area contributed by atoms with Gasteiger partial charge in [-0.1, -0.05) is 38.2 Å². The summed E-state index contributed by atoms with van der Waals surface area (Å²) in [5.74, 6) is 1.56. The van der Waals surface area contributed by atoms with Crippen molar-refractivity contribution in [3.63, 3.8) is 0 Å². The Bertz CT molecular complexity index is 428. The third-order valence-electron chi connectivity index (χ3n) is 4.22. The van der Waals surface area contributed by atoms with Crippen LogP contribution in [0.2, 0.25) is 0 Å². The summed E-state index contributed by atoms with van der Waals surface area (Å²) in [4.78, 5) is 0. The Morgan fingerprint density at radius 3 is 2.36 bits per heavy atom. The lowest BCUT2D eigenvalue weighted by molar-refractivity contribution is -0.0257. The molecule has 124 valence electrons. The Labute approximate surface area is 133 Å². The molecule has 0 aliphatic heterocycles. The highest BCUT2D eigenvalue weighted by Gasteiger charge is 2.28. The second-order valence-electron chi connectivity index (χ2n) is 6.21. The molecular formula is C18H29NO3. The molecule has 4 nitrogen and oxygen atoms in total. The maximum absolute atomic E-state index is 10.7. The van der Waals surface area contributed by atoms with Crippen LogP contribution in [0.4, 0.5) is 0 Å². The van der Waals surface area contributed by atoms with Crippen LogP contribution in [0.1, 0.15) is 44.9 Å². The molecule has 0 bridgehead atoms. The van der Waals surface area contributed by atoms with Crippen molar-refractivity contribution in [2.45, 2.75) is 50.5 Å². The van der Waals surface area contributed by atoms with E-state index in [2.05, 4.69) is 5.32 Å². The number of benzene rings is 1. The van der Waals surface area contributed by atoms with Gasteiger partial charge < -0.3 is 19.9 Å². The summed E-state index contributed by atoms with van der Waals surface area (Å²) < 4.78 is 11.5. The fraction of sp³-hybridized carbons (Fsp3) is 0.667. The van der Waals surface area contributed by atoms with Crippen LogP contribution in [0.5, 0.6) is 11.5 Å². The molecule has 0 aromatic heterocycles. The fourth-order valence-corrected chi connectivity index (χ4v) is 2.85. The van der Waals surface area contributed by atoms with Gasteiger partial charge >= 0.3 is 0 Å². The predicted octanol–water partition coefficient (Wildman–Crippen LogP) is 3.14. The summed E-state index contributed by atoms with van der Waals surface area (Å²) in [5, 5.41) is 13.8. The Balaban J connectivity index is 1.85. The Kier molecular flexibility index (Phi) is 7.00. The molecule has 0 amide bonds. The van der Waals surface area contributed by atoms with Crippen LogP contribution in [0.15, 0.2) is 24.3 Å². The minimum absolute atomic E-state index is 0.368. The van der Waals surface area contributed by atoms with Crippen molar-refractivity contribution in [1.29, 1.82) is 0 Å². The van der Waals surface area contributed by atoms with Gasteiger partial charge in [0.25, 0.3) is 0 Å². The minimum atomic E-state index is -0.677. The van der Waals surface area contributed by atoms with Gasteiger partial charge in [-0.2, -0.15) is 0 Å². The normalized spacial score (nSPS) is 18.3. The predicted molar refractivity (Wildman–Crippen MR) is 88.6 cm³/mol. The molecule has 0 unspecified atom stereocenters. The Hall–Kier alpha value is -1.26. The molecule has 1 aromatic carbocycles. The average molecular weight is 307 g/mol. The lowest BCUT2D eigenvalue weighted by atomic mass is 9.88. The number of ether oxygens (including phenoxy) is 2. The zero-order valence-corrected chi connectivity index (χ0v) is 13.6. The first kappa shape index (κ1) is 17.1. The number of nitrogens with one attached hydrogen (secondary N) is 1. The SMILES string of the molecule is CNCCOc1cccc(OCC2(O)CCCCCCC2)c1. The van der Waals surface area contributed by atoms with Crippen LogP contribution >= 0.6 is 0 Å². The second kappa shape index (κ2) is 9.01. The van der Waals surface area contributed by atoms with Crippen molar-refractivity contribution in [3.8, 4) is 11.5 Å².